The number of nitrogens with one attached hydrogen (secondary N) is 2. The summed E-state index contributed by atoms with van der Waals surface area (Å²) in [5.41, 5.74) is 3.33. The number of hydrogen-bond acceptors (Lipinski definition) is 2. The predicted octanol–water partition coefficient (Wildman–Crippen LogP) is 4.64. The van der Waals surface area contributed by atoms with E-state index in [1.54, 1.807) is 0 Å². The summed E-state index contributed by atoms with van der Waals surface area (Å²) >= 11 is 0. The third-order valence-electron chi connectivity index (χ3n) is 2.75. The van der Waals surface area contributed by atoms with Crippen LogP contribution >= 0.6 is 0 Å². The second-order valence-corrected chi connectivity index (χ2v) is 4.11. The van der Waals surface area contributed by atoms with E-state index in [2.05, 4.69) is 34.6 Å². The molecule has 3 rings (SSSR count). The van der Waals surface area contributed by atoms with Gasteiger partial charge in [0.15, 0.2) is 5.82 Å². The molecular formula is C16H19N3. The maximum atomic E-state index is 4.30. The molecule has 2 N–H and O–H groups in total. The third-order valence-corrected chi connectivity index (χ3v) is 2.75. The van der Waals surface area contributed by atoms with E-state index >= 15 is 0 Å². The van der Waals surface area contributed by atoms with E-state index in [0.29, 0.717) is 0 Å². The van der Waals surface area contributed by atoms with Crippen LogP contribution in [-0.2, 0) is 0 Å². The van der Waals surface area contributed by atoms with Gasteiger partial charge in [0.25, 0.3) is 0 Å². The molecule has 1 aromatic heterocycles. The smallest absolute Gasteiger partial charge is 0.160 e. The van der Waals surface area contributed by atoms with Crippen LogP contribution in [0, 0.1) is 6.92 Å². The summed E-state index contributed by atoms with van der Waals surface area (Å²) in [7, 11) is 0. The van der Waals surface area contributed by atoms with E-state index in [1.807, 2.05) is 50.2 Å². The van der Waals surface area contributed by atoms with Gasteiger partial charge < -0.3 is 5.32 Å². The fourth-order valence-corrected chi connectivity index (χ4v) is 1.88. The molecule has 2 aromatic carbocycles. The van der Waals surface area contributed by atoms with Crippen molar-refractivity contribution in [2.24, 2.45) is 0 Å². The van der Waals surface area contributed by atoms with Crippen molar-refractivity contribution in [2.45, 2.75) is 20.8 Å². The van der Waals surface area contributed by atoms with Crippen LogP contribution in [0.1, 0.15) is 19.4 Å². The van der Waals surface area contributed by atoms with E-state index < -0.39 is 0 Å². The average molecular weight is 253 g/mol. The van der Waals surface area contributed by atoms with Gasteiger partial charge in [-0.1, -0.05) is 43.7 Å². The standard InChI is InChI=1S/C14H13N3.C2H6/c1-10-7-8-13-12(9-10)14(17-16-13)15-11-5-3-2-4-6-11;1-2/h2-9H,1H3,(H2,15,16,17);1-2H3. The number of aromatic amines is 1. The molecule has 0 amide bonds. The van der Waals surface area contributed by atoms with E-state index in [0.717, 1.165) is 22.4 Å². The van der Waals surface area contributed by atoms with Gasteiger partial charge >= 0.3 is 0 Å². The van der Waals surface area contributed by atoms with Crippen LogP contribution < -0.4 is 5.32 Å². The quantitative estimate of drug-likeness (QED) is 0.698. The Hall–Kier alpha value is -2.29. The number of aromatic nitrogens is 2. The number of fused-ring (bicyclic) bond motifs is 1. The Kier molecular flexibility index (Phi) is 4.18. The van der Waals surface area contributed by atoms with E-state index in [4.69, 9.17) is 0 Å². The zero-order chi connectivity index (χ0) is 13.7. The number of benzene rings is 2. The zero-order valence-corrected chi connectivity index (χ0v) is 11.6. The van der Waals surface area contributed by atoms with Crippen molar-refractivity contribution < 1.29 is 0 Å². The molecule has 0 radical (unpaired) electrons. The first-order chi connectivity index (χ1) is 9.33. The van der Waals surface area contributed by atoms with Crippen molar-refractivity contribution in [3.63, 3.8) is 0 Å². The first kappa shape index (κ1) is 13.1. The minimum absolute atomic E-state index is 0.870. The Morgan fingerprint density at radius 2 is 1.74 bits per heavy atom. The second-order valence-electron chi connectivity index (χ2n) is 4.11. The lowest BCUT2D eigenvalue weighted by molar-refractivity contribution is 1.12. The minimum Gasteiger partial charge on any atom is -0.338 e. The van der Waals surface area contributed by atoms with Crippen molar-refractivity contribution >= 4 is 22.4 Å². The summed E-state index contributed by atoms with van der Waals surface area (Å²) in [6.45, 7) is 6.08. The Balaban J connectivity index is 0.000000637. The lowest BCUT2D eigenvalue weighted by atomic mass is 10.2. The van der Waals surface area contributed by atoms with Gasteiger partial charge in [-0.2, -0.15) is 5.10 Å². The molecule has 0 saturated carbocycles. The van der Waals surface area contributed by atoms with Crippen LogP contribution in [0.3, 0.4) is 0 Å². The molecule has 0 aliphatic rings. The number of H-pyrrole nitrogens is 1. The SMILES string of the molecule is CC.Cc1ccc2[nH]nc(Nc3ccccc3)c2c1. The number of nitrogens with zero attached hydrogens (tertiary/aromatic N) is 1. The predicted molar refractivity (Wildman–Crippen MR) is 81.9 cm³/mol. The summed E-state index contributed by atoms with van der Waals surface area (Å²) in [6.07, 6.45) is 0. The lowest BCUT2D eigenvalue weighted by Crippen LogP contribution is -1.90. The normalized spacial score (nSPS) is 9.84. The zero-order valence-electron chi connectivity index (χ0n) is 11.6. The number of anilines is 2. The second kappa shape index (κ2) is 6.05. The highest BCUT2D eigenvalue weighted by Gasteiger charge is 2.05. The number of aryl methyl sites for hydroxylation is 1. The first-order valence-corrected chi connectivity index (χ1v) is 6.60. The Bertz CT molecular complexity index is 641. The third kappa shape index (κ3) is 2.94. The molecule has 3 aromatic rings. The summed E-state index contributed by atoms with van der Waals surface area (Å²) in [5.74, 6) is 0.870. The number of para-hydroxylation sites is 1. The summed E-state index contributed by atoms with van der Waals surface area (Å²) in [6, 6.07) is 16.3. The highest BCUT2D eigenvalue weighted by atomic mass is 15.2. The number of hydrogen-bond donors (Lipinski definition) is 2. The highest BCUT2D eigenvalue weighted by Crippen LogP contribution is 2.24. The van der Waals surface area contributed by atoms with Crippen LogP contribution in [0.5, 0.6) is 0 Å². The van der Waals surface area contributed by atoms with Gasteiger partial charge in [-0.15, -0.1) is 0 Å². The average Bonchev–Trinajstić information content (AvgIpc) is 2.85. The molecule has 0 unspecified atom stereocenters. The minimum atomic E-state index is 0.870. The highest BCUT2D eigenvalue weighted by molar-refractivity contribution is 5.91. The van der Waals surface area contributed by atoms with Crippen molar-refractivity contribution in [2.75, 3.05) is 5.32 Å². The van der Waals surface area contributed by atoms with Crippen molar-refractivity contribution in [3.05, 3.63) is 54.1 Å². The Morgan fingerprint density at radius 1 is 1.00 bits per heavy atom. The molecule has 0 bridgehead atoms. The molecule has 0 saturated heterocycles. The monoisotopic (exact) mass is 253 g/mol. The van der Waals surface area contributed by atoms with Crippen LogP contribution in [0.25, 0.3) is 10.9 Å². The van der Waals surface area contributed by atoms with Crippen LogP contribution in [0.15, 0.2) is 48.5 Å². The van der Waals surface area contributed by atoms with Gasteiger partial charge in [-0.3, -0.25) is 5.10 Å². The topological polar surface area (TPSA) is 40.7 Å². The first-order valence-electron chi connectivity index (χ1n) is 6.60. The van der Waals surface area contributed by atoms with Gasteiger partial charge in [0.1, 0.15) is 0 Å². The van der Waals surface area contributed by atoms with E-state index in [9.17, 15) is 0 Å². The molecule has 0 atom stereocenters. The molecular weight excluding hydrogens is 234 g/mol. The van der Waals surface area contributed by atoms with Crippen molar-refractivity contribution in [3.8, 4) is 0 Å². The van der Waals surface area contributed by atoms with Gasteiger partial charge in [0.05, 0.1) is 5.52 Å². The van der Waals surface area contributed by atoms with Crippen LogP contribution in [-0.4, -0.2) is 10.2 Å². The van der Waals surface area contributed by atoms with E-state index in [-0.39, 0.29) is 0 Å². The molecule has 0 aliphatic heterocycles. The molecule has 3 heteroatoms. The lowest BCUT2D eigenvalue weighted by Gasteiger charge is -2.02. The Labute approximate surface area is 113 Å². The fourth-order valence-electron chi connectivity index (χ4n) is 1.88. The molecule has 3 nitrogen and oxygen atoms in total. The fraction of sp³-hybridized carbons (Fsp3) is 0.188. The Morgan fingerprint density at radius 3 is 2.47 bits per heavy atom. The van der Waals surface area contributed by atoms with Crippen LogP contribution in [0.4, 0.5) is 11.5 Å². The molecule has 0 spiro atoms. The van der Waals surface area contributed by atoms with Crippen LogP contribution in [0.2, 0.25) is 0 Å². The summed E-state index contributed by atoms with van der Waals surface area (Å²) in [4.78, 5) is 0. The molecule has 19 heavy (non-hydrogen) atoms. The molecule has 98 valence electrons. The largest absolute Gasteiger partial charge is 0.338 e. The molecule has 0 fully saturated rings. The number of rotatable bonds is 2. The summed E-state index contributed by atoms with van der Waals surface area (Å²) < 4.78 is 0. The van der Waals surface area contributed by atoms with Crippen molar-refractivity contribution in [1.82, 2.24) is 10.2 Å². The van der Waals surface area contributed by atoms with Gasteiger partial charge in [0.2, 0.25) is 0 Å². The maximum Gasteiger partial charge on any atom is 0.160 e. The maximum absolute atomic E-state index is 4.30. The van der Waals surface area contributed by atoms with Gasteiger partial charge in [-0.05, 0) is 31.2 Å². The van der Waals surface area contributed by atoms with Crippen molar-refractivity contribution in [1.29, 1.82) is 0 Å². The van der Waals surface area contributed by atoms with Gasteiger partial charge in [0, 0.05) is 11.1 Å². The molecule has 1 heterocycles. The summed E-state index contributed by atoms with van der Waals surface area (Å²) in [5, 5.41) is 11.7. The van der Waals surface area contributed by atoms with Gasteiger partial charge in [-0.25, -0.2) is 0 Å². The van der Waals surface area contributed by atoms with E-state index in [1.165, 1.54) is 5.56 Å². The molecule has 0 aliphatic carbocycles.